The lowest BCUT2D eigenvalue weighted by molar-refractivity contribution is 0.444. The molecule has 84 valence electrons. The molecule has 15 heavy (non-hydrogen) atoms. The molecule has 1 aromatic carbocycles. The van der Waals surface area contributed by atoms with E-state index in [-0.39, 0.29) is 0 Å². The van der Waals surface area contributed by atoms with Gasteiger partial charge in [0.1, 0.15) is 0 Å². The Bertz CT molecular complexity index is 358. The van der Waals surface area contributed by atoms with Crippen LogP contribution >= 0.6 is 0 Å². The molecule has 0 amide bonds. The first-order valence-corrected chi connectivity index (χ1v) is 5.19. The summed E-state index contributed by atoms with van der Waals surface area (Å²) in [7, 11) is 0. The molecule has 0 heterocycles. The summed E-state index contributed by atoms with van der Waals surface area (Å²) in [5, 5.41) is 0. The van der Waals surface area contributed by atoms with Crippen LogP contribution < -0.4 is 22.9 Å². The van der Waals surface area contributed by atoms with Gasteiger partial charge in [0.05, 0.1) is 17.0 Å². The van der Waals surface area contributed by atoms with Gasteiger partial charge in [-0.15, -0.1) is 0 Å². The van der Waals surface area contributed by atoms with Crippen molar-refractivity contribution in [3.8, 4) is 0 Å². The highest BCUT2D eigenvalue weighted by atomic mass is 15.0. The lowest BCUT2D eigenvalue weighted by Crippen LogP contribution is -2.46. The maximum absolute atomic E-state index is 6.01. The van der Waals surface area contributed by atoms with Crippen molar-refractivity contribution < 1.29 is 0 Å². The van der Waals surface area contributed by atoms with E-state index in [9.17, 15) is 0 Å². The number of nitrogens with two attached hydrogens (primary N) is 4. The van der Waals surface area contributed by atoms with Crippen molar-refractivity contribution in [2.45, 2.75) is 32.4 Å². The van der Waals surface area contributed by atoms with E-state index in [1.807, 2.05) is 19.9 Å². The number of rotatable bonds is 3. The van der Waals surface area contributed by atoms with Gasteiger partial charge in [0.2, 0.25) is 0 Å². The summed E-state index contributed by atoms with van der Waals surface area (Å²) in [5.74, 6) is 0. The zero-order valence-corrected chi connectivity index (χ0v) is 9.38. The minimum Gasteiger partial charge on any atom is -0.397 e. The molecule has 0 unspecified atom stereocenters. The van der Waals surface area contributed by atoms with Crippen molar-refractivity contribution in [1.29, 1.82) is 0 Å². The molecule has 0 spiro atoms. The van der Waals surface area contributed by atoms with Crippen LogP contribution in [0.1, 0.15) is 31.4 Å². The molecule has 1 rings (SSSR count). The molecule has 0 atom stereocenters. The van der Waals surface area contributed by atoms with Gasteiger partial charge in [0, 0.05) is 0 Å². The van der Waals surface area contributed by atoms with E-state index in [4.69, 9.17) is 22.9 Å². The van der Waals surface area contributed by atoms with Gasteiger partial charge in [-0.05, 0) is 30.0 Å². The molecule has 0 bridgehead atoms. The molecule has 8 N–H and O–H groups in total. The van der Waals surface area contributed by atoms with Crippen LogP contribution in [0, 0.1) is 0 Å². The quantitative estimate of drug-likeness (QED) is 0.437. The van der Waals surface area contributed by atoms with Crippen LogP contribution in [-0.4, -0.2) is 0 Å². The first-order valence-electron chi connectivity index (χ1n) is 5.19. The van der Waals surface area contributed by atoms with Crippen molar-refractivity contribution in [2.24, 2.45) is 11.5 Å². The fourth-order valence-corrected chi connectivity index (χ4v) is 1.69. The molecule has 0 aliphatic carbocycles. The average Bonchev–Trinajstić information content (AvgIpc) is 2.21. The third-order valence-electron chi connectivity index (χ3n) is 2.83. The monoisotopic (exact) mass is 208 g/mol. The van der Waals surface area contributed by atoms with Crippen molar-refractivity contribution >= 4 is 11.4 Å². The van der Waals surface area contributed by atoms with Crippen LogP contribution in [0.4, 0.5) is 11.4 Å². The van der Waals surface area contributed by atoms with E-state index < -0.39 is 5.66 Å². The second-order valence-corrected chi connectivity index (χ2v) is 3.84. The maximum atomic E-state index is 6.01. The van der Waals surface area contributed by atoms with E-state index in [0.29, 0.717) is 17.8 Å². The van der Waals surface area contributed by atoms with Gasteiger partial charge in [-0.3, -0.25) is 0 Å². The predicted octanol–water partition coefficient (Wildman–Crippen LogP) is 0.894. The third kappa shape index (κ3) is 2.06. The summed E-state index contributed by atoms with van der Waals surface area (Å²) in [6.45, 7) is 3.96. The van der Waals surface area contributed by atoms with Gasteiger partial charge >= 0.3 is 0 Å². The van der Waals surface area contributed by atoms with Crippen LogP contribution in [0.2, 0.25) is 0 Å². The minimum absolute atomic E-state index is 0.586. The summed E-state index contributed by atoms with van der Waals surface area (Å²) < 4.78 is 0. The van der Waals surface area contributed by atoms with Crippen molar-refractivity contribution in [1.82, 2.24) is 0 Å². The Labute approximate surface area is 90.6 Å². The first kappa shape index (κ1) is 11.8. The zero-order chi connectivity index (χ0) is 11.6. The van der Waals surface area contributed by atoms with Crippen LogP contribution in [0.15, 0.2) is 12.1 Å². The summed E-state index contributed by atoms with van der Waals surface area (Å²) >= 11 is 0. The highest BCUT2D eigenvalue weighted by Crippen LogP contribution is 2.29. The van der Waals surface area contributed by atoms with Crippen molar-refractivity contribution in [2.75, 3.05) is 11.5 Å². The number of hydrogen-bond donors (Lipinski definition) is 4. The SMILES string of the molecule is CCc1c(C(N)(N)CC)ccc(N)c1N. The Morgan fingerprint density at radius 2 is 1.73 bits per heavy atom. The largest absolute Gasteiger partial charge is 0.397 e. The molecule has 0 aliphatic heterocycles. The molecular weight excluding hydrogens is 188 g/mol. The van der Waals surface area contributed by atoms with Crippen LogP contribution in [0.3, 0.4) is 0 Å². The van der Waals surface area contributed by atoms with E-state index in [1.54, 1.807) is 6.07 Å². The third-order valence-corrected chi connectivity index (χ3v) is 2.83. The van der Waals surface area contributed by atoms with Gasteiger partial charge in [-0.2, -0.15) is 0 Å². The van der Waals surface area contributed by atoms with E-state index in [1.165, 1.54) is 0 Å². The Balaban J connectivity index is 3.37. The Kier molecular flexibility index (Phi) is 3.21. The van der Waals surface area contributed by atoms with Gasteiger partial charge in [0.15, 0.2) is 0 Å². The zero-order valence-electron chi connectivity index (χ0n) is 9.38. The highest BCUT2D eigenvalue weighted by molar-refractivity contribution is 5.70. The molecular formula is C11H20N4. The average molecular weight is 208 g/mol. The number of benzene rings is 1. The molecule has 0 aromatic heterocycles. The Hall–Kier alpha value is -1.26. The Morgan fingerprint density at radius 3 is 2.20 bits per heavy atom. The van der Waals surface area contributed by atoms with E-state index in [2.05, 4.69) is 0 Å². The lowest BCUT2D eigenvalue weighted by atomic mass is 9.90. The van der Waals surface area contributed by atoms with Crippen LogP contribution in [0.25, 0.3) is 0 Å². The lowest BCUT2D eigenvalue weighted by Gasteiger charge is -2.27. The van der Waals surface area contributed by atoms with Crippen molar-refractivity contribution in [3.63, 3.8) is 0 Å². The fourth-order valence-electron chi connectivity index (χ4n) is 1.69. The fraction of sp³-hybridized carbons (Fsp3) is 0.455. The summed E-state index contributed by atoms with van der Waals surface area (Å²) in [5.41, 5.74) is 25.9. The summed E-state index contributed by atoms with van der Waals surface area (Å²) in [6.07, 6.45) is 1.44. The minimum atomic E-state index is -0.826. The Morgan fingerprint density at radius 1 is 1.13 bits per heavy atom. The standard InChI is InChI=1S/C11H20N4/c1-3-7-8(11(14,15)4-2)5-6-9(12)10(7)13/h5-6H,3-4,12-15H2,1-2H3. The van der Waals surface area contributed by atoms with Crippen LogP contribution in [-0.2, 0) is 12.1 Å². The molecule has 4 nitrogen and oxygen atoms in total. The smallest absolute Gasteiger partial charge is 0.0900 e. The second kappa shape index (κ2) is 4.08. The predicted molar refractivity (Wildman–Crippen MR) is 65.0 cm³/mol. The van der Waals surface area contributed by atoms with E-state index >= 15 is 0 Å². The van der Waals surface area contributed by atoms with Gasteiger partial charge in [-0.1, -0.05) is 19.9 Å². The van der Waals surface area contributed by atoms with Crippen molar-refractivity contribution in [3.05, 3.63) is 23.3 Å². The normalized spacial score (nSPS) is 11.7. The van der Waals surface area contributed by atoms with Crippen LogP contribution in [0.5, 0.6) is 0 Å². The number of nitrogen functional groups attached to an aromatic ring is 2. The van der Waals surface area contributed by atoms with E-state index in [0.717, 1.165) is 17.5 Å². The summed E-state index contributed by atoms with van der Waals surface area (Å²) in [4.78, 5) is 0. The molecule has 1 aromatic rings. The second-order valence-electron chi connectivity index (χ2n) is 3.84. The molecule has 0 fully saturated rings. The summed E-state index contributed by atoms with van der Waals surface area (Å²) in [6, 6.07) is 3.63. The number of anilines is 2. The topological polar surface area (TPSA) is 104 Å². The van der Waals surface area contributed by atoms with Gasteiger partial charge in [-0.25, -0.2) is 0 Å². The van der Waals surface area contributed by atoms with Gasteiger partial charge < -0.3 is 22.9 Å². The molecule has 0 saturated carbocycles. The highest BCUT2D eigenvalue weighted by Gasteiger charge is 2.23. The molecule has 4 heteroatoms. The molecule has 0 aliphatic rings. The first-order chi connectivity index (χ1) is 6.94. The van der Waals surface area contributed by atoms with Gasteiger partial charge in [0.25, 0.3) is 0 Å². The maximum Gasteiger partial charge on any atom is 0.0900 e. The molecule has 0 radical (unpaired) electrons. The number of hydrogen-bond acceptors (Lipinski definition) is 4. The molecule has 0 saturated heterocycles.